The fraction of sp³-hybridized carbons (Fsp3) is 0.200. The molecule has 1 aromatic heterocycles. The Bertz CT molecular complexity index is 558. The van der Waals surface area contributed by atoms with Crippen molar-refractivity contribution in [3.05, 3.63) is 65.7 Å². The summed E-state index contributed by atoms with van der Waals surface area (Å²) in [6, 6.07) is 8.84. The van der Waals surface area contributed by atoms with Crippen molar-refractivity contribution >= 4 is 5.97 Å². The molecule has 0 amide bonds. The number of benzene rings is 1. The molecule has 0 saturated heterocycles. The van der Waals surface area contributed by atoms with Crippen molar-refractivity contribution in [1.82, 2.24) is 10.3 Å². The van der Waals surface area contributed by atoms with Crippen LogP contribution in [0.4, 0.5) is 4.39 Å². The predicted molar refractivity (Wildman–Crippen MR) is 72.2 cm³/mol. The lowest BCUT2D eigenvalue weighted by Crippen LogP contribution is -2.29. The van der Waals surface area contributed by atoms with E-state index >= 15 is 0 Å². The molecule has 20 heavy (non-hydrogen) atoms. The second kappa shape index (κ2) is 6.77. The summed E-state index contributed by atoms with van der Waals surface area (Å²) in [6.07, 6.45) is 3.40. The van der Waals surface area contributed by atoms with Gasteiger partial charge >= 0.3 is 5.97 Å². The zero-order chi connectivity index (χ0) is 14.4. The van der Waals surface area contributed by atoms with Gasteiger partial charge in [-0.3, -0.25) is 10.3 Å². The van der Waals surface area contributed by atoms with Crippen LogP contribution in [0.5, 0.6) is 0 Å². The first-order valence-electron chi connectivity index (χ1n) is 6.16. The molecule has 1 heterocycles. The minimum atomic E-state index is -0.638. The molecule has 0 spiro atoms. The third kappa shape index (κ3) is 3.61. The van der Waals surface area contributed by atoms with Crippen LogP contribution in [0.25, 0.3) is 0 Å². The summed E-state index contributed by atoms with van der Waals surface area (Å²) in [7, 11) is 1.32. The van der Waals surface area contributed by atoms with Crippen LogP contribution in [0, 0.1) is 5.82 Å². The van der Waals surface area contributed by atoms with Gasteiger partial charge in [-0.25, -0.2) is 9.18 Å². The Labute approximate surface area is 116 Å². The molecule has 1 atom stereocenters. The largest absolute Gasteiger partial charge is 0.468 e. The number of rotatable bonds is 5. The summed E-state index contributed by atoms with van der Waals surface area (Å²) in [5.74, 6) is -0.759. The highest BCUT2D eigenvalue weighted by Gasteiger charge is 2.20. The normalized spacial score (nSPS) is 11.9. The number of hydrogen-bond donors (Lipinski definition) is 1. The first-order valence-corrected chi connectivity index (χ1v) is 6.16. The second-order valence-electron chi connectivity index (χ2n) is 4.25. The van der Waals surface area contributed by atoms with Gasteiger partial charge in [-0.05, 0) is 29.3 Å². The predicted octanol–water partition coefficient (Wildman–Crippen LogP) is 2.22. The molecule has 0 bridgehead atoms. The van der Waals surface area contributed by atoms with Crippen LogP contribution < -0.4 is 5.32 Å². The number of carbonyl (C=O) groups excluding carboxylic acids is 1. The highest BCUT2D eigenvalue weighted by molar-refractivity contribution is 5.77. The van der Waals surface area contributed by atoms with Crippen molar-refractivity contribution in [2.45, 2.75) is 12.6 Å². The summed E-state index contributed by atoms with van der Waals surface area (Å²) < 4.78 is 17.7. The molecular weight excluding hydrogens is 259 g/mol. The zero-order valence-corrected chi connectivity index (χ0v) is 11.0. The minimum Gasteiger partial charge on any atom is -0.468 e. The van der Waals surface area contributed by atoms with Gasteiger partial charge in [0.25, 0.3) is 0 Å². The molecule has 2 aromatic rings. The summed E-state index contributed by atoms with van der Waals surface area (Å²) in [4.78, 5) is 15.8. The smallest absolute Gasteiger partial charge is 0.327 e. The number of halogens is 1. The number of nitrogens with one attached hydrogen (secondary N) is 1. The summed E-state index contributed by atoms with van der Waals surface area (Å²) in [5, 5.41) is 3.09. The van der Waals surface area contributed by atoms with Crippen molar-refractivity contribution in [3.8, 4) is 0 Å². The quantitative estimate of drug-likeness (QED) is 0.849. The Kier molecular flexibility index (Phi) is 4.79. The number of nitrogens with zero attached hydrogens (tertiary/aromatic N) is 1. The minimum absolute atomic E-state index is 0.343. The van der Waals surface area contributed by atoms with Crippen LogP contribution in [0.1, 0.15) is 17.2 Å². The van der Waals surface area contributed by atoms with Crippen molar-refractivity contribution in [2.75, 3.05) is 7.11 Å². The zero-order valence-electron chi connectivity index (χ0n) is 11.0. The van der Waals surface area contributed by atoms with Crippen LogP contribution in [0.15, 0.2) is 48.8 Å². The lowest BCUT2D eigenvalue weighted by molar-refractivity contribution is -0.143. The molecule has 104 valence electrons. The van der Waals surface area contributed by atoms with E-state index in [2.05, 4.69) is 10.3 Å². The number of hydrogen-bond acceptors (Lipinski definition) is 4. The molecule has 0 saturated carbocycles. The number of pyridine rings is 1. The number of ether oxygens (including phenoxy) is 1. The van der Waals surface area contributed by atoms with E-state index in [1.54, 1.807) is 24.5 Å². The highest BCUT2D eigenvalue weighted by Crippen LogP contribution is 2.16. The maximum Gasteiger partial charge on any atom is 0.327 e. The Morgan fingerprint density at radius 3 is 2.70 bits per heavy atom. The third-order valence-electron chi connectivity index (χ3n) is 2.87. The average molecular weight is 274 g/mol. The molecule has 0 aliphatic carbocycles. The van der Waals surface area contributed by atoms with E-state index in [9.17, 15) is 9.18 Å². The maximum atomic E-state index is 12.9. The Morgan fingerprint density at radius 2 is 2.10 bits per heavy atom. The van der Waals surface area contributed by atoms with Gasteiger partial charge in [0, 0.05) is 18.9 Å². The fourth-order valence-electron chi connectivity index (χ4n) is 1.83. The summed E-state index contributed by atoms with van der Waals surface area (Å²) in [6.45, 7) is 0.463. The van der Waals surface area contributed by atoms with Crippen molar-refractivity contribution < 1.29 is 13.9 Å². The molecule has 5 heteroatoms. The molecule has 2 rings (SSSR count). The third-order valence-corrected chi connectivity index (χ3v) is 2.87. The molecule has 1 unspecified atom stereocenters. The Hall–Kier alpha value is -2.27. The molecule has 1 N–H and O–H groups in total. The molecule has 0 radical (unpaired) electrons. The molecule has 0 aliphatic rings. The molecule has 4 nitrogen and oxygen atoms in total. The lowest BCUT2D eigenvalue weighted by Gasteiger charge is -2.16. The van der Waals surface area contributed by atoms with E-state index in [-0.39, 0.29) is 5.82 Å². The van der Waals surface area contributed by atoms with Gasteiger partial charge in [-0.2, -0.15) is 0 Å². The second-order valence-corrected chi connectivity index (χ2v) is 4.25. The van der Waals surface area contributed by atoms with E-state index in [1.165, 1.54) is 19.2 Å². The summed E-state index contributed by atoms with van der Waals surface area (Å²) in [5.41, 5.74) is 1.60. The van der Waals surface area contributed by atoms with Crippen molar-refractivity contribution in [1.29, 1.82) is 0 Å². The van der Waals surface area contributed by atoms with E-state index in [4.69, 9.17) is 4.74 Å². The van der Waals surface area contributed by atoms with E-state index < -0.39 is 12.0 Å². The van der Waals surface area contributed by atoms with Crippen LogP contribution >= 0.6 is 0 Å². The van der Waals surface area contributed by atoms with Crippen LogP contribution in [-0.4, -0.2) is 18.1 Å². The molecule has 1 aromatic carbocycles. The van der Waals surface area contributed by atoms with Gasteiger partial charge in [-0.15, -0.1) is 0 Å². The molecular formula is C15H15FN2O2. The number of carbonyl (C=O) groups is 1. The van der Waals surface area contributed by atoms with E-state index in [0.29, 0.717) is 12.1 Å². The molecule has 0 fully saturated rings. The molecule has 0 aliphatic heterocycles. The lowest BCUT2D eigenvalue weighted by atomic mass is 10.1. The van der Waals surface area contributed by atoms with Gasteiger partial charge in [0.05, 0.1) is 7.11 Å². The Morgan fingerprint density at radius 1 is 1.35 bits per heavy atom. The van der Waals surface area contributed by atoms with Crippen molar-refractivity contribution in [2.24, 2.45) is 0 Å². The average Bonchev–Trinajstić information content (AvgIpc) is 2.50. The first kappa shape index (κ1) is 14.1. The van der Waals surface area contributed by atoms with Crippen molar-refractivity contribution in [3.63, 3.8) is 0 Å². The van der Waals surface area contributed by atoms with Gasteiger partial charge in [-0.1, -0.05) is 18.2 Å². The van der Waals surface area contributed by atoms with Gasteiger partial charge in [0.1, 0.15) is 11.9 Å². The Balaban J connectivity index is 2.12. The number of aromatic nitrogens is 1. The SMILES string of the molecule is COC(=O)C(NCc1cccnc1)c1ccc(F)cc1. The highest BCUT2D eigenvalue weighted by atomic mass is 19.1. The fourth-order valence-corrected chi connectivity index (χ4v) is 1.83. The number of methoxy groups -OCH3 is 1. The van der Waals surface area contributed by atoms with Gasteiger partial charge < -0.3 is 4.74 Å². The monoisotopic (exact) mass is 274 g/mol. The number of esters is 1. The summed E-state index contributed by atoms with van der Waals surface area (Å²) >= 11 is 0. The van der Waals surface area contributed by atoms with Crippen LogP contribution in [0.3, 0.4) is 0 Å². The van der Waals surface area contributed by atoms with E-state index in [0.717, 1.165) is 5.56 Å². The van der Waals surface area contributed by atoms with Crippen LogP contribution in [-0.2, 0) is 16.1 Å². The van der Waals surface area contributed by atoms with Gasteiger partial charge in [0.15, 0.2) is 0 Å². The maximum absolute atomic E-state index is 12.9. The topological polar surface area (TPSA) is 51.2 Å². The standard InChI is InChI=1S/C15H15FN2O2/c1-20-15(19)14(12-4-6-13(16)7-5-12)18-10-11-3-2-8-17-9-11/h2-9,14,18H,10H2,1H3. The van der Waals surface area contributed by atoms with Crippen LogP contribution in [0.2, 0.25) is 0 Å². The first-order chi connectivity index (χ1) is 9.70. The van der Waals surface area contributed by atoms with Gasteiger partial charge in [0.2, 0.25) is 0 Å². The van der Waals surface area contributed by atoms with E-state index in [1.807, 2.05) is 12.1 Å².